The van der Waals surface area contributed by atoms with Gasteiger partial charge in [0.1, 0.15) is 0 Å². The van der Waals surface area contributed by atoms with Crippen molar-refractivity contribution in [2.75, 3.05) is 0 Å². The molecule has 0 aliphatic carbocycles. The third kappa shape index (κ3) is 5.37. The topological polar surface area (TPSA) is 0 Å². The van der Waals surface area contributed by atoms with E-state index in [9.17, 15) is 0 Å². The molecule has 0 unspecified atom stereocenters. The van der Waals surface area contributed by atoms with E-state index >= 15 is 0 Å². The third-order valence-electron chi connectivity index (χ3n) is 2.19. The molecule has 0 bridgehead atoms. The zero-order valence-electron chi connectivity index (χ0n) is 8.43. The maximum atomic E-state index is 2.40. The summed E-state index contributed by atoms with van der Waals surface area (Å²) < 4.78 is 1.75. The van der Waals surface area contributed by atoms with E-state index < -0.39 is 0 Å². The summed E-state index contributed by atoms with van der Waals surface area (Å²) >= 11 is -0.568. The molecular formula is C9H22As2. The Kier molecular flexibility index (Phi) is 8.54. The molecule has 0 aromatic heterocycles. The van der Waals surface area contributed by atoms with Crippen molar-refractivity contribution in [1.82, 2.24) is 0 Å². The molecule has 0 amide bonds. The van der Waals surface area contributed by atoms with Gasteiger partial charge in [0.25, 0.3) is 0 Å². The van der Waals surface area contributed by atoms with E-state index in [2.05, 4.69) is 27.7 Å². The SMILES string of the molecule is CC[As](CC)C[As](CC)CC. The summed E-state index contributed by atoms with van der Waals surface area (Å²) in [6.07, 6.45) is 0. The first-order chi connectivity index (χ1) is 5.28. The fraction of sp³-hybridized carbons (Fsp3) is 1.00. The van der Waals surface area contributed by atoms with Crippen LogP contribution in [0.2, 0.25) is 24.8 Å². The van der Waals surface area contributed by atoms with E-state index in [-0.39, 0.29) is 29.3 Å². The second-order valence-corrected chi connectivity index (χ2v) is 17.4. The molecule has 0 fully saturated rings. The first kappa shape index (κ1) is 12.1. The molecule has 0 aromatic carbocycles. The van der Waals surface area contributed by atoms with Crippen LogP contribution in [0.1, 0.15) is 27.7 Å². The fourth-order valence-electron chi connectivity index (χ4n) is 1.13. The molecule has 0 heterocycles. The number of rotatable bonds is 6. The average molecular weight is 280 g/mol. The summed E-state index contributed by atoms with van der Waals surface area (Å²) in [6, 6.07) is 0. The first-order valence-electron chi connectivity index (χ1n) is 4.73. The summed E-state index contributed by atoms with van der Waals surface area (Å²) in [5.41, 5.74) is 0. The van der Waals surface area contributed by atoms with Crippen molar-refractivity contribution in [2.45, 2.75) is 52.5 Å². The standard InChI is InChI=1S/C9H22As2/c1-5-10(6-2)9-11(7-3)8-4/h5-9H2,1-4H3. The van der Waals surface area contributed by atoms with Crippen LogP contribution in [-0.2, 0) is 0 Å². The summed E-state index contributed by atoms with van der Waals surface area (Å²) in [5, 5.41) is 6.20. The van der Waals surface area contributed by atoms with Crippen LogP contribution in [-0.4, -0.2) is 29.3 Å². The van der Waals surface area contributed by atoms with Crippen molar-refractivity contribution < 1.29 is 0 Å². The van der Waals surface area contributed by atoms with Gasteiger partial charge in [-0.1, -0.05) is 0 Å². The van der Waals surface area contributed by atoms with Gasteiger partial charge in [0.05, 0.1) is 0 Å². The van der Waals surface area contributed by atoms with Crippen LogP contribution in [0.15, 0.2) is 0 Å². The van der Waals surface area contributed by atoms with Crippen LogP contribution in [0.5, 0.6) is 0 Å². The van der Waals surface area contributed by atoms with Gasteiger partial charge in [-0.2, -0.15) is 0 Å². The van der Waals surface area contributed by atoms with Gasteiger partial charge in [-0.25, -0.2) is 0 Å². The Morgan fingerprint density at radius 2 is 0.909 bits per heavy atom. The monoisotopic (exact) mass is 280 g/mol. The maximum absolute atomic E-state index is 2.40. The van der Waals surface area contributed by atoms with Crippen LogP contribution < -0.4 is 0 Å². The normalized spacial score (nSPS) is 11.5. The number of hydrogen-bond acceptors (Lipinski definition) is 0. The molecule has 0 nitrogen and oxygen atoms in total. The van der Waals surface area contributed by atoms with E-state index in [1.807, 2.05) is 0 Å². The van der Waals surface area contributed by atoms with Gasteiger partial charge in [-0.05, 0) is 0 Å². The Morgan fingerprint density at radius 3 is 1.09 bits per heavy atom. The fourth-order valence-corrected chi connectivity index (χ4v) is 20.8. The molecule has 2 heteroatoms. The molecule has 0 aromatic rings. The summed E-state index contributed by atoms with van der Waals surface area (Å²) in [4.78, 5) is 0. The van der Waals surface area contributed by atoms with Gasteiger partial charge < -0.3 is 0 Å². The van der Waals surface area contributed by atoms with Crippen molar-refractivity contribution in [1.29, 1.82) is 0 Å². The van der Waals surface area contributed by atoms with Gasteiger partial charge in [0, 0.05) is 0 Å². The predicted molar refractivity (Wildman–Crippen MR) is 58.2 cm³/mol. The van der Waals surface area contributed by atoms with Crippen LogP contribution in [0, 0.1) is 0 Å². The molecule has 0 aliphatic rings. The van der Waals surface area contributed by atoms with Crippen molar-refractivity contribution in [3.8, 4) is 0 Å². The van der Waals surface area contributed by atoms with Gasteiger partial charge in [-0.15, -0.1) is 0 Å². The minimum atomic E-state index is -0.284. The van der Waals surface area contributed by atoms with Crippen molar-refractivity contribution in [3.63, 3.8) is 0 Å². The Balaban J connectivity index is 3.58. The van der Waals surface area contributed by atoms with Crippen LogP contribution in [0.25, 0.3) is 0 Å². The van der Waals surface area contributed by atoms with E-state index in [0.29, 0.717) is 0 Å². The molecule has 0 N–H and O–H groups in total. The van der Waals surface area contributed by atoms with Gasteiger partial charge >= 0.3 is 81.8 Å². The van der Waals surface area contributed by atoms with Crippen molar-refractivity contribution >= 4 is 29.3 Å². The Labute approximate surface area is 81.7 Å². The van der Waals surface area contributed by atoms with Gasteiger partial charge in [-0.3, -0.25) is 0 Å². The van der Waals surface area contributed by atoms with Crippen molar-refractivity contribution in [3.05, 3.63) is 0 Å². The van der Waals surface area contributed by atoms with Crippen LogP contribution in [0.3, 0.4) is 0 Å². The third-order valence-corrected chi connectivity index (χ3v) is 20.1. The molecule has 0 aliphatic heterocycles. The van der Waals surface area contributed by atoms with Crippen LogP contribution in [0.4, 0.5) is 0 Å². The molecular weight excluding hydrogens is 258 g/mol. The quantitative estimate of drug-likeness (QED) is 0.652. The molecule has 0 atom stereocenters. The van der Waals surface area contributed by atoms with E-state index in [1.54, 1.807) is 24.8 Å². The van der Waals surface area contributed by atoms with E-state index in [1.165, 1.54) is 0 Å². The van der Waals surface area contributed by atoms with Gasteiger partial charge in [0.2, 0.25) is 0 Å². The number of hydrogen-bond donors (Lipinski definition) is 0. The van der Waals surface area contributed by atoms with E-state index in [4.69, 9.17) is 0 Å². The molecule has 11 heavy (non-hydrogen) atoms. The Morgan fingerprint density at radius 1 is 0.636 bits per heavy atom. The van der Waals surface area contributed by atoms with Crippen molar-refractivity contribution in [2.24, 2.45) is 0 Å². The average Bonchev–Trinajstić information content (AvgIpc) is 2.07. The van der Waals surface area contributed by atoms with Gasteiger partial charge in [0.15, 0.2) is 0 Å². The second kappa shape index (κ2) is 7.75. The zero-order valence-corrected chi connectivity index (χ0v) is 12.2. The minimum absolute atomic E-state index is 0.284. The molecule has 0 radical (unpaired) electrons. The summed E-state index contributed by atoms with van der Waals surface area (Å²) in [7, 11) is 0. The second-order valence-electron chi connectivity index (χ2n) is 2.75. The van der Waals surface area contributed by atoms with Crippen LogP contribution >= 0.6 is 0 Å². The first-order valence-corrected chi connectivity index (χ1v) is 12.7. The van der Waals surface area contributed by atoms with E-state index in [0.717, 1.165) is 0 Å². The molecule has 68 valence electrons. The molecule has 0 spiro atoms. The summed E-state index contributed by atoms with van der Waals surface area (Å²) in [6.45, 7) is 9.62. The zero-order chi connectivity index (χ0) is 8.69. The Hall–Kier alpha value is 1.12. The summed E-state index contributed by atoms with van der Waals surface area (Å²) in [5.74, 6) is 0. The Bertz CT molecular complexity index is 65.6. The molecule has 0 rings (SSSR count). The molecule has 0 saturated carbocycles. The predicted octanol–water partition coefficient (Wildman–Crippen LogP) is 3.59. The molecule has 0 saturated heterocycles.